The second-order valence-corrected chi connectivity index (χ2v) is 3.16. The number of rotatable bonds is 4. The highest BCUT2D eigenvalue weighted by Crippen LogP contribution is 2.10. The summed E-state index contributed by atoms with van der Waals surface area (Å²) in [5, 5.41) is 0. The molecule has 3 N–H and O–H groups in total. The predicted molar refractivity (Wildman–Crippen MR) is 60.6 cm³/mol. The van der Waals surface area contributed by atoms with Gasteiger partial charge in [0.2, 0.25) is 5.88 Å². The van der Waals surface area contributed by atoms with Crippen LogP contribution in [0, 0.1) is 0 Å². The SMILES string of the molecule is NNc1cncc(OCc2ccccc2)n1. The van der Waals surface area contributed by atoms with Crippen molar-refractivity contribution in [2.75, 3.05) is 5.43 Å². The number of hydrogen-bond acceptors (Lipinski definition) is 5. The molecule has 16 heavy (non-hydrogen) atoms. The van der Waals surface area contributed by atoms with Crippen LogP contribution in [0.25, 0.3) is 0 Å². The molecule has 0 radical (unpaired) electrons. The van der Waals surface area contributed by atoms with Crippen LogP contribution in [0.15, 0.2) is 42.7 Å². The standard InChI is InChI=1S/C11H12N4O/c12-15-10-6-13-7-11(14-10)16-8-9-4-2-1-3-5-9/h1-7H,8,12H2,(H,14,15). The normalized spacial score (nSPS) is 9.81. The third-order valence-electron chi connectivity index (χ3n) is 1.99. The molecule has 1 heterocycles. The first-order chi connectivity index (χ1) is 7.88. The molecule has 5 nitrogen and oxygen atoms in total. The molecule has 0 atom stereocenters. The van der Waals surface area contributed by atoms with E-state index in [1.165, 1.54) is 6.20 Å². The number of ether oxygens (including phenoxy) is 1. The summed E-state index contributed by atoms with van der Waals surface area (Å²) in [6.07, 6.45) is 3.07. The summed E-state index contributed by atoms with van der Waals surface area (Å²) in [6.45, 7) is 0.462. The van der Waals surface area contributed by atoms with Crippen molar-refractivity contribution < 1.29 is 4.74 Å². The number of benzene rings is 1. The molecule has 0 aliphatic carbocycles. The molecule has 0 aliphatic rings. The van der Waals surface area contributed by atoms with Gasteiger partial charge in [-0.3, -0.25) is 4.98 Å². The Morgan fingerprint density at radius 3 is 2.75 bits per heavy atom. The number of aromatic nitrogens is 2. The number of anilines is 1. The molecule has 2 aromatic rings. The Morgan fingerprint density at radius 2 is 2.00 bits per heavy atom. The van der Waals surface area contributed by atoms with E-state index in [0.717, 1.165) is 5.56 Å². The molecule has 0 spiro atoms. The fourth-order valence-corrected chi connectivity index (χ4v) is 1.22. The second-order valence-electron chi connectivity index (χ2n) is 3.16. The van der Waals surface area contributed by atoms with Crippen molar-refractivity contribution in [1.82, 2.24) is 9.97 Å². The van der Waals surface area contributed by atoms with Crippen LogP contribution >= 0.6 is 0 Å². The van der Waals surface area contributed by atoms with E-state index in [9.17, 15) is 0 Å². The maximum absolute atomic E-state index is 5.47. The van der Waals surface area contributed by atoms with Crippen LogP contribution < -0.4 is 16.0 Å². The zero-order valence-corrected chi connectivity index (χ0v) is 8.63. The molecular weight excluding hydrogens is 204 g/mol. The number of nitrogens with one attached hydrogen (secondary N) is 1. The first-order valence-electron chi connectivity index (χ1n) is 4.84. The minimum absolute atomic E-state index is 0.444. The lowest BCUT2D eigenvalue weighted by Crippen LogP contribution is -2.09. The third kappa shape index (κ3) is 2.68. The molecule has 5 heteroatoms. The van der Waals surface area contributed by atoms with Gasteiger partial charge in [0.15, 0.2) is 5.82 Å². The average Bonchev–Trinajstić information content (AvgIpc) is 2.38. The van der Waals surface area contributed by atoms with Gasteiger partial charge in [-0.1, -0.05) is 30.3 Å². The Hall–Kier alpha value is -2.14. The van der Waals surface area contributed by atoms with E-state index >= 15 is 0 Å². The number of hydrazine groups is 1. The molecule has 1 aromatic heterocycles. The fourth-order valence-electron chi connectivity index (χ4n) is 1.22. The Bertz CT molecular complexity index is 447. The summed E-state index contributed by atoms with van der Waals surface area (Å²) in [6, 6.07) is 9.85. The molecule has 0 unspecified atom stereocenters. The van der Waals surface area contributed by atoms with Crippen molar-refractivity contribution in [2.45, 2.75) is 6.61 Å². The smallest absolute Gasteiger partial charge is 0.234 e. The molecule has 0 aliphatic heterocycles. The fraction of sp³-hybridized carbons (Fsp3) is 0.0909. The molecule has 0 bridgehead atoms. The largest absolute Gasteiger partial charge is 0.472 e. The predicted octanol–water partition coefficient (Wildman–Crippen LogP) is 1.34. The lowest BCUT2D eigenvalue weighted by molar-refractivity contribution is 0.293. The average molecular weight is 216 g/mol. The van der Waals surface area contributed by atoms with E-state index in [1.807, 2.05) is 30.3 Å². The highest BCUT2D eigenvalue weighted by atomic mass is 16.5. The van der Waals surface area contributed by atoms with Gasteiger partial charge >= 0.3 is 0 Å². The van der Waals surface area contributed by atoms with Crippen molar-refractivity contribution in [1.29, 1.82) is 0 Å². The summed E-state index contributed by atoms with van der Waals surface area (Å²) in [5.74, 6) is 6.14. The van der Waals surface area contributed by atoms with Gasteiger partial charge in [0.25, 0.3) is 0 Å². The number of hydrogen-bond donors (Lipinski definition) is 2. The summed E-state index contributed by atoms with van der Waals surface area (Å²) < 4.78 is 5.47. The highest BCUT2D eigenvalue weighted by Gasteiger charge is 1.98. The molecule has 1 aromatic carbocycles. The maximum Gasteiger partial charge on any atom is 0.234 e. The zero-order valence-electron chi connectivity index (χ0n) is 8.63. The highest BCUT2D eigenvalue weighted by molar-refractivity contribution is 5.31. The number of nitrogen functional groups attached to an aromatic ring is 1. The van der Waals surface area contributed by atoms with Gasteiger partial charge in [0.05, 0.1) is 12.4 Å². The van der Waals surface area contributed by atoms with E-state index in [-0.39, 0.29) is 0 Å². The van der Waals surface area contributed by atoms with Gasteiger partial charge in [0.1, 0.15) is 6.61 Å². The van der Waals surface area contributed by atoms with Gasteiger partial charge in [-0.25, -0.2) is 5.84 Å². The Kier molecular flexibility index (Phi) is 3.30. The van der Waals surface area contributed by atoms with Gasteiger partial charge in [-0.05, 0) is 5.56 Å². The first kappa shape index (κ1) is 10.4. The van der Waals surface area contributed by atoms with Gasteiger partial charge in [-0.15, -0.1) is 0 Å². The molecule has 0 amide bonds. The van der Waals surface area contributed by atoms with E-state index in [0.29, 0.717) is 18.3 Å². The van der Waals surface area contributed by atoms with Gasteiger partial charge in [0, 0.05) is 0 Å². The lowest BCUT2D eigenvalue weighted by Gasteiger charge is -2.05. The minimum atomic E-state index is 0.444. The molecule has 82 valence electrons. The molecule has 2 rings (SSSR count). The van der Waals surface area contributed by atoms with Crippen LogP contribution in [0.3, 0.4) is 0 Å². The first-order valence-corrected chi connectivity index (χ1v) is 4.84. The van der Waals surface area contributed by atoms with Crippen LogP contribution in [0.5, 0.6) is 5.88 Å². The molecule has 0 saturated carbocycles. The van der Waals surface area contributed by atoms with Crippen molar-refractivity contribution >= 4 is 5.82 Å². The van der Waals surface area contributed by atoms with Crippen LogP contribution in [0.2, 0.25) is 0 Å². The van der Waals surface area contributed by atoms with E-state index in [2.05, 4.69) is 15.4 Å². The van der Waals surface area contributed by atoms with E-state index in [4.69, 9.17) is 10.6 Å². The Morgan fingerprint density at radius 1 is 1.19 bits per heavy atom. The third-order valence-corrected chi connectivity index (χ3v) is 1.99. The van der Waals surface area contributed by atoms with E-state index in [1.54, 1.807) is 6.20 Å². The lowest BCUT2D eigenvalue weighted by atomic mass is 10.2. The van der Waals surface area contributed by atoms with Crippen molar-refractivity contribution in [3.63, 3.8) is 0 Å². The van der Waals surface area contributed by atoms with Crippen LogP contribution in [-0.2, 0) is 6.61 Å². The molecule has 0 fully saturated rings. The van der Waals surface area contributed by atoms with Crippen LogP contribution in [0.1, 0.15) is 5.56 Å². The van der Waals surface area contributed by atoms with Crippen molar-refractivity contribution in [2.24, 2.45) is 5.84 Å². The molecule has 0 saturated heterocycles. The Balaban J connectivity index is 1.99. The summed E-state index contributed by atoms with van der Waals surface area (Å²) in [5.41, 5.74) is 3.49. The summed E-state index contributed by atoms with van der Waals surface area (Å²) >= 11 is 0. The molecular formula is C11H12N4O. The summed E-state index contributed by atoms with van der Waals surface area (Å²) in [4.78, 5) is 8.02. The van der Waals surface area contributed by atoms with E-state index < -0.39 is 0 Å². The number of nitrogens with zero attached hydrogens (tertiary/aromatic N) is 2. The Labute approximate surface area is 93.3 Å². The van der Waals surface area contributed by atoms with Crippen LogP contribution in [-0.4, -0.2) is 9.97 Å². The quantitative estimate of drug-likeness (QED) is 0.596. The van der Waals surface area contributed by atoms with Gasteiger partial charge in [-0.2, -0.15) is 4.98 Å². The second kappa shape index (κ2) is 5.09. The monoisotopic (exact) mass is 216 g/mol. The summed E-state index contributed by atoms with van der Waals surface area (Å²) in [7, 11) is 0. The van der Waals surface area contributed by atoms with Gasteiger partial charge < -0.3 is 10.2 Å². The topological polar surface area (TPSA) is 73.1 Å². The number of nitrogens with two attached hydrogens (primary N) is 1. The van der Waals surface area contributed by atoms with Crippen molar-refractivity contribution in [3.05, 3.63) is 48.3 Å². The van der Waals surface area contributed by atoms with Crippen LogP contribution in [0.4, 0.5) is 5.82 Å². The van der Waals surface area contributed by atoms with Crippen molar-refractivity contribution in [3.8, 4) is 5.88 Å². The minimum Gasteiger partial charge on any atom is -0.472 e. The zero-order chi connectivity index (χ0) is 11.2. The maximum atomic E-state index is 5.47.